The quantitative estimate of drug-likeness (QED) is 0.880. The van der Waals surface area contributed by atoms with Crippen LogP contribution in [0.25, 0.3) is 0 Å². The number of aromatic nitrogens is 2. The van der Waals surface area contributed by atoms with Gasteiger partial charge in [0.05, 0.1) is 6.04 Å². The summed E-state index contributed by atoms with van der Waals surface area (Å²) < 4.78 is 1.88. The van der Waals surface area contributed by atoms with Crippen LogP contribution in [0.1, 0.15) is 42.2 Å². The fourth-order valence-corrected chi connectivity index (χ4v) is 4.12. The molecule has 2 aliphatic rings. The van der Waals surface area contributed by atoms with E-state index in [1.54, 1.807) is 22.9 Å². The molecule has 28 heavy (non-hydrogen) atoms. The minimum absolute atomic E-state index is 0.0239. The molecule has 2 aromatic rings. The van der Waals surface area contributed by atoms with Crippen molar-refractivity contribution in [2.24, 2.45) is 0 Å². The molecule has 1 aromatic carbocycles. The van der Waals surface area contributed by atoms with E-state index < -0.39 is 6.04 Å². The van der Waals surface area contributed by atoms with Crippen molar-refractivity contribution < 1.29 is 9.59 Å². The summed E-state index contributed by atoms with van der Waals surface area (Å²) in [5, 5.41) is 7.88. The van der Waals surface area contributed by atoms with Gasteiger partial charge in [-0.2, -0.15) is 5.10 Å². The SMILES string of the molecule is CN(C(=O)c1ccn(C2CCCNC2)n1)C1CCCN(c2ccccc2)C1=O. The molecule has 148 valence electrons. The third kappa shape index (κ3) is 3.67. The number of para-hydroxylation sites is 1. The van der Waals surface area contributed by atoms with Gasteiger partial charge in [-0.3, -0.25) is 14.3 Å². The Kier molecular flexibility index (Phi) is 5.43. The predicted molar refractivity (Wildman–Crippen MR) is 107 cm³/mol. The van der Waals surface area contributed by atoms with Crippen LogP contribution in [-0.2, 0) is 4.79 Å². The van der Waals surface area contributed by atoms with Gasteiger partial charge in [0, 0.05) is 32.0 Å². The highest BCUT2D eigenvalue weighted by Gasteiger charge is 2.35. The van der Waals surface area contributed by atoms with E-state index in [4.69, 9.17) is 0 Å². The van der Waals surface area contributed by atoms with Crippen LogP contribution in [0.3, 0.4) is 0 Å². The highest BCUT2D eigenvalue weighted by atomic mass is 16.2. The lowest BCUT2D eigenvalue weighted by molar-refractivity contribution is -0.124. The van der Waals surface area contributed by atoms with Gasteiger partial charge in [0.1, 0.15) is 11.7 Å². The average molecular weight is 381 g/mol. The first-order valence-corrected chi connectivity index (χ1v) is 10.0. The van der Waals surface area contributed by atoms with Crippen LogP contribution in [0.15, 0.2) is 42.6 Å². The smallest absolute Gasteiger partial charge is 0.274 e. The molecule has 2 saturated heterocycles. The van der Waals surface area contributed by atoms with E-state index in [1.807, 2.05) is 41.2 Å². The summed E-state index contributed by atoms with van der Waals surface area (Å²) >= 11 is 0. The van der Waals surface area contributed by atoms with E-state index in [-0.39, 0.29) is 17.9 Å². The number of carbonyl (C=O) groups excluding carboxylic acids is 2. The molecule has 7 heteroatoms. The minimum atomic E-state index is -0.456. The lowest BCUT2D eigenvalue weighted by atomic mass is 10.0. The van der Waals surface area contributed by atoms with Gasteiger partial charge in [-0.1, -0.05) is 18.2 Å². The van der Waals surface area contributed by atoms with Gasteiger partial charge in [-0.15, -0.1) is 0 Å². The van der Waals surface area contributed by atoms with Crippen molar-refractivity contribution in [1.82, 2.24) is 20.0 Å². The largest absolute Gasteiger partial charge is 0.328 e. The molecule has 2 fully saturated rings. The molecule has 1 aromatic heterocycles. The number of hydrogen-bond acceptors (Lipinski definition) is 4. The van der Waals surface area contributed by atoms with Crippen LogP contribution in [0, 0.1) is 0 Å². The first kappa shape index (κ1) is 18.7. The lowest BCUT2D eigenvalue weighted by Crippen LogP contribution is -2.53. The fraction of sp³-hybridized carbons (Fsp3) is 0.476. The van der Waals surface area contributed by atoms with Gasteiger partial charge in [0.25, 0.3) is 5.91 Å². The van der Waals surface area contributed by atoms with Crippen LogP contribution in [0.4, 0.5) is 5.69 Å². The Balaban J connectivity index is 1.47. The Morgan fingerprint density at radius 3 is 2.75 bits per heavy atom. The molecule has 4 rings (SSSR count). The first-order chi connectivity index (χ1) is 13.6. The van der Waals surface area contributed by atoms with Gasteiger partial charge in [0.15, 0.2) is 0 Å². The summed E-state index contributed by atoms with van der Waals surface area (Å²) in [7, 11) is 1.71. The Morgan fingerprint density at radius 2 is 2.00 bits per heavy atom. The van der Waals surface area contributed by atoms with Crippen molar-refractivity contribution in [1.29, 1.82) is 0 Å². The molecule has 0 aliphatic carbocycles. The highest BCUT2D eigenvalue weighted by molar-refractivity contribution is 6.02. The zero-order valence-corrected chi connectivity index (χ0v) is 16.3. The third-order valence-electron chi connectivity index (χ3n) is 5.74. The van der Waals surface area contributed by atoms with Gasteiger partial charge in [-0.05, 0) is 50.4 Å². The van der Waals surface area contributed by atoms with Crippen molar-refractivity contribution >= 4 is 17.5 Å². The number of piperidine rings is 2. The van der Waals surface area contributed by atoms with E-state index in [0.717, 1.165) is 38.0 Å². The highest BCUT2D eigenvalue weighted by Crippen LogP contribution is 2.24. The summed E-state index contributed by atoms with van der Waals surface area (Å²) in [5.74, 6) is -0.222. The summed E-state index contributed by atoms with van der Waals surface area (Å²) in [6, 6.07) is 11.2. The molecule has 7 nitrogen and oxygen atoms in total. The minimum Gasteiger partial charge on any atom is -0.328 e. The number of anilines is 1. The van der Waals surface area contributed by atoms with Crippen LogP contribution >= 0.6 is 0 Å². The summed E-state index contributed by atoms with van der Waals surface area (Å²) in [4.78, 5) is 29.4. The van der Waals surface area contributed by atoms with E-state index in [1.165, 1.54) is 0 Å². The lowest BCUT2D eigenvalue weighted by Gasteiger charge is -2.36. The molecule has 2 amide bonds. The van der Waals surface area contributed by atoms with Gasteiger partial charge < -0.3 is 15.1 Å². The number of hydrogen-bond donors (Lipinski definition) is 1. The van der Waals surface area contributed by atoms with Crippen molar-refractivity contribution in [2.75, 3.05) is 31.6 Å². The van der Waals surface area contributed by atoms with Crippen LogP contribution < -0.4 is 10.2 Å². The van der Waals surface area contributed by atoms with Crippen molar-refractivity contribution in [3.63, 3.8) is 0 Å². The number of carbonyl (C=O) groups is 2. The Morgan fingerprint density at radius 1 is 1.18 bits per heavy atom. The molecule has 2 unspecified atom stereocenters. The normalized spacial score (nSPS) is 22.9. The standard InChI is InChI=1S/C21H27N5O2/c1-24(19-10-6-13-25(21(19)28)16-7-3-2-4-8-16)20(27)18-11-14-26(23-18)17-9-5-12-22-15-17/h2-4,7-8,11,14,17,19,22H,5-6,9-10,12-13,15H2,1H3. The van der Waals surface area contributed by atoms with E-state index in [2.05, 4.69) is 10.4 Å². The predicted octanol–water partition coefficient (Wildman–Crippen LogP) is 2.08. The third-order valence-corrected chi connectivity index (χ3v) is 5.74. The van der Waals surface area contributed by atoms with Gasteiger partial charge >= 0.3 is 0 Å². The van der Waals surface area contributed by atoms with Crippen molar-refractivity contribution in [3.8, 4) is 0 Å². The molecule has 3 heterocycles. The summed E-state index contributed by atoms with van der Waals surface area (Å²) in [6.45, 7) is 2.59. The van der Waals surface area contributed by atoms with Crippen molar-refractivity contribution in [2.45, 2.75) is 37.8 Å². The molecule has 0 radical (unpaired) electrons. The zero-order valence-electron chi connectivity index (χ0n) is 16.3. The first-order valence-electron chi connectivity index (χ1n) is 10.0. The summed E-state index contributed by atoms with van der Waals surface area (Å²) in [6.07, 6.45) is 5.59. The Hall–Kier alpha value is -2.67. The number of amides is 2. The van der Waals surface area contributed by atoms with Gasteiger partial charge in [-0.25, -0.2) is 0 Å². The van der Waals surface area contributed by atoms with Crippen LogP contribution in [-0.4, -0.2) is 59.2 Å². The maximum absolute atomic E-state index is 13.1. The fourth-order valence-electron chi connectivity index (χ4n) is 4.12. The maximum Gasteiger partial charge on any atom is 0.274 e. The van der Waals surface area contributed by atoms with Crippen LogP contribution in [0.5, 0.6) is 0 Å². The average Bonchev–Trinajstić information content (AvgIpc) is 3.24. The molecule has 2 aliphatic heterocycles. The second kappa shape index (κ2) is 8.14. The van der Waals surface area contributed by atoms with E-state index in [9.17, 15) is 9.59 Å². The number of rotatable bonds is 4. The molecular weight excluding hydrogens is 354 g/mol. The maximum atomic E-state index is 13.1. The molecule has 0 saturated carbocycles. The van der Waals surface area contributed by atoms with Crippen molar-refractivity contribution in [3.05, 3.63) is 48.3 Å². The Labute approximate surface area is 165 Å². The molecule has 0 spiro atoms. The monoisotopic (exact) mass is 381 g/mol. The molecule has 1 N–H and O–H groups in total. The number of likely N-dealkylation sites (N-methyl/N-ethyl adjacent to an activating group) is 1. The second-order valence-corrected chi connectivity index (χ2v) is 7.58. The van der Waals surface area contributed by atoms with E-state index in [0.29, 0.717) is 18.7 Å². The number of benzene rings is 1. The van der Waals surface area contributed by atoms with E-state index >= 15 is 0 Å². The molecular formula is C21H27N5O2. The second-order valence-electron chi connectivity index (χ2n) is 7.58. The van der Waals surface area contributed by atoms with Crippen LogP contribution in [0.2, 0.25) is 0 Å². The number of nitrogens with one attached hydrogen (secondary N) is 1. The topological polar surface area (TPSA) is 70.5 Å². The zero-order chi connectivity index (χ0) is 19.5. The molecule has 2 atom stereocenters. The molecule has 0 bridgehead atoms. The Bertz CT molecular complexity index is 828. The summed E-state index contributed by atoms with van der Waals surface area (Å²) in [5.41, 5.74) is 1.28. The van der Waals surface area contributed by atoms with Gasteiger partial charge in [0.2, 0.25) is 5.91 Å². The number of nitrogens with zero attached hydrogens (tertiary/aromatic N) is 4.